The molecule has 4 rings (SSSR count). The van der Waals surface area contributed by atoms with Crippen LogP contribution in [0.1, 0.15) is 37.4 Å². The van der Waals surface area contributed by atoms with Gasteiger partial charge in [0.25, 0.3) is 5.91 Å². The maximum absolute atomic E-state index is 15.0. The maximum atomic E-state index is 15.0. The quantitative estimate of drug-likeness (QED) is 0.510. The van der Waals surface area contributed by atoms with Gasteiger partial charge < -0.3 is 19.6 Å². The highest BCUT2D eigenvalue weighted by molar-refractivity contribution is 6.74. The summed E-state index contributed by atoms with van der Waals surface area (Å²) < 4.78 is 28.4. The Hall–Kier alpha value is -2.73. The molecular formula is C23H30FN5O4Si. The van der Waals surface area contributed by atoms with E-state index in [-0.39, 0.29) is 23.4 Å². The minimum atomic E-state index is -2.12. The number of alkyl halides is 1. The van der Waals surface area contributed by atoms with Gasteiger partial charge in [-0.2, -0.15) is 0 Å². The van der Waals surface area contributed by atoms with Crippen LogP contribution in [-0.2, 0) is 9.16 Å². The number of fused-ring (bicyclic) bond motifs is 1. The number of ether oxygens (including phenoxy) is 1. The third-order valence-corrected chi connectivity index (χ3v) is 11.1. The van der Waals surface area contributed by atoms with Crippen LogP contribution < -0.4 is 5.32 Å². The Morgan fingerprint density at radius 3 is 2.62 bits per heavy atom. The number of nitrogens with one attached hydrogen (secondary N) is 1. The number of aliphatic hydroxyl groups excluding tert-OH is 1. The second-order valence-electron chi connectivity index (χ2n) is 9.94. The average molecular weight is 488 g/mol. The summed E-state index contributed by atoms with van der Waals surface area (Å²) in [4.78, 5) is 25.2. The SMILES string of the molecule is CC(C)(C)[Si](C)(C)OC[C@H]1O[C@@H](n2cnc3c(NC(=O)c4ccccc4)ncnc32)[C@H](O)[C@H]1F. The van der Waals surface area contributed by atoms with Crippen LogP contribution >= 0.6 is 0 Å². The summed E-state index contributed by atoms with van der Waals surface area (Å²) in [5, 5.41) is 13.3. The Balaban J connectivity index is 1.54. The van der Waals surface area contributed by atoms with Crippen molar-refractivity contribution in [1.29, 1.82) is 0 Å². The van der Waals surface area contributed by atoms with Gasteiger partial charge in [0.05, 0.1) is 12.9 Å². The molecule has 1 aliphatic heterocycles. The van der Waals surface area contributed by atoms with E-state index >= 15 is 0 Å². The molecule has 0 saturated carbocycles. The average Bonchev–Trinajstić information content (AvgIpc) is 3.34. The van der Waals surface area contributed by atoms with E-state index in [1.54, 1.807) is 24.3 Å². The zero-order chi connectivity index (χ0) is 24.7. The molecule has 1 aliphatic rings. The molecule has 182 valence electrons. The van der Waals surface area contributed by atoms with Gasteiger partial charge in [0.1, 0.15) is 18.5 Å². The van der Waals surface area contributed by atoms with Crippen molar-refractivity contribution in [3.63, 3.8) is 0 Å². The van der Waals surface area contributed by atoms with Crippen molar-refractivity contribution < 1.29 is 23.5 Å². The molecule has 1 fully saturated rings. The molecule has 3 aromatic rings. The van der Waals surface area contributed by atoms with Crippen LogP contribution in [0.2, 0.25) is 18.1 Å². The summed E-state index contributed by atoms with van der Waals surface area (Å²) in [6.45, 7) is 10.5. The first-order valence-electron chi connectivity index (χ1n) is 11.1. The first kappa shape index (κ1) is 24.4. The molecule has 1 saturated heterocycles. The molecule has 1 amide bonds. The van der Waals surface area contributed by atoms with Gasteiger partial charge in [-0.15, -0.1) is 0 Å². The van der Waals surface area contributed by atoms with Crippen LogP contribution in [0.3, 0.4) is 0 Å². The Kier molecular flexibility index (Phi) is 6.56. The number of carbonyl (C=O) groups excluding carboxylic acids is 1. The number of anilines is 1. The monoisotopic (exact) mass is 487 g/mol. The first-order chi connectivity index (χ1) is 16.0. The highest BCUT2D eigenvalue weighted by Gasteiger charge is 2.47. The van der Waals surface area contributed by atoms with Crippen molar-refractivity contribution in [3.05, 3.63) is 48.5 Å². The second-order valence-corrected chi connectivity index (χ2v) is 14.7. The molecule has 0 radical (unpaired) electrons. The summed E-state index contributed by atoms with van der Waals surface area (Å²) >= 11 is 0. The number of imidazole rings is 1. The third-order valence-electron chi connectivity index (χ3n) is 6.60. The molecule has 0 spiro atoms. The summed E-state index contributed by atoms with van der Waals surface area (Å²) in [6, 6.07) is 8.70. The molecule has 2 N–H and O–H groups in total. The fourth-order valence-electron chi connectivity index (χ4n) is 3.48. The lowest BCUT2D eigenvalue weighted by molar-refractivity contribution is -0.0478. The van der Waals surface area contributed by atoms with Crippen LogP contribution in [0.25, 0.3) is 11.2 Å². The molecule has 1 aromatic carbocycles. The van der Waals surface area contributed by atoms with Gasteiger partial charge in [0, 0.05) is 5.56 Å². The van der Waals surface area contributed by atoms with Crippen molar-refractivity contribution >= 4 is 31.2 Å². The normalized spacial score (nSPS) is 23.4. The van der Waals surface area contributed by atoms with Crippen LogP contribution in [0.15, 0.2) is 43.0 Å². The number of nitrogens with zero attached hydrogens (tertiary/aromatic N) is 4. The number of hydrogen-bond acceptors (Lipinski definition) is 7. The zero-order valence-electron chi connectivity index (χ0n) is 19.9. The molecule has 4 atom stereocenters. The number of carbonyl (C=O) groups is 1. The molecule has 11 heteroatoms. The van der Waals surface area contributed by atoms with Crippen molar-refractivity contribution in [2.75, 3.05) is 11.9 Å². The van der Waals surface area contributed by atoms with Crippen LogP contribution in [0, 0.1) is 0 Å². The molecule has 0 bridgehead atoms. The van der Waals surface area contributed by atoms with Gasteiger partial charge in [0.15, 0.2) is 37.7 Å². The van der Waals surface area contributed by atoms with E-state index < -0.39 is 32.9 Å². The van der Waals surface area contributed by atoms with Crippen LogP contribution in [0.5, 0.6) is 0 Å². The zero-order valence-corrected chi connectivity index (χ0v) is 20.9. The number of hydrogen-bond donors (Lipinski definition) is 2. The standard InChI is InChI=1S/C23H30FN5O4Si/c1-23(2,3)34(4,5)32-11-15-16(24)18(30)22(33-15)29-13-27-17-19(25-12-26-20(17)29)28-21(31)14-9-7-6-8-10-14/h6-10,12-13,15-16,18,22,30H,11H2,1-5H3,(H,25,26,28,31)/t15-,16+,18-,22-/m1/s1. The van der Waals surface area contributed by atoms with Crippen molar-refractivity contribution in [1.82, 2.24) is 19.5 Å². The lowest BCUT2D eigenvalue weighted by Gasteiger charge is -2.37. The van der Waals surface area contributed by atoms with Gasteiger partial charge in [-0.3, -0.25) is 9.36 Å². The van der Waals surface area contributed by atoms with Crippen molar-refractivity contribution in [3.8, 4) is 0 Å². The van der Waals surface area contributed by atoms with E-state index in [1.807, 2.05) is 6.07 Å². The predicted octanol–water partition coefficient (Wildman–Crippen LogP) is 3.70. The minimum absolute atomic E-state index is 0.0342. The van der Waals surface area contributed by atoms with Gasteiger partial charge in [-0.25, -0.2) is 19.3 Å². The maximum Gasteiger partial charge on any atom is 0.256 e. The lowest BCUT2D eigenvalue weighted by atomic mass is 10.1. The van der Waals surface area contributed by atoms with Crippen LogP contribution in [-0.4, -0.2) is 63.8 Å². The Morgan fingerprint density at radius 1 is 1.24 bits per heavy atom. The van der Waals surface area contributed by atoms with Gasteiger partial charge in [0.2, 0.25) is 0 Å². The number of aromatic nitrogens is 4. The third kappa shape index (κ3) is 4.60. The molecular weight excluding hydrogens is 457 g/mol. The summed E-state index contributed by atoms with van der Waals surface area (Å²) in [5.74, 6) is -0.140. The summed E-state index contributed by atoms with van der Waals surface area (Å²) in [7, 11) is -2.12. The molecule has 0 aliphatic carbocycles. The molecule has 2 aromatic heterocycles. The number of rotatable bonds is 6. The highest BCUT2D eigenvalue weighted by atomic mass is 28.4. The van der Waals surface area contributed by atoms with E-state index in [1.165, 1.54) is 17.2 Å². The second kappa shape index (κ2) is 9.14. The number of halogens is 1. The van der Waals surface area contributed by atoms with E-state index in [0.717, 1.165) is 0 Å². The fraction of sp³-hybridized carbons (Fsp3) is 0.478. The smallest absolute Gasteiger partial charge is 0.256 e. The predicted molar refractivity (Wildman–Crippen MR) is 128 cm³/mol. The van der Waals surface area contributed by atoms with Crippen LogP contribution in [0.4, 0.5) is 10.2 Å². The Bertz CT molecular complexity index is 1170. The Labute approximate surface area is 198 Å². The van der Waals surface area contributed by atoms with Gasteiger partial charge >= 0.3 is 0 Å². The highest BCUT2D eigenvalue weighted by Crippen LogP contribution is 2.39. The van der Waals surface area contributed by atoms with E-state index in [2.05, 4.69) is 54.1 Å². The lowest BCUT2D eigenvalue weighted by Crippen LogP contribution is -2.44. The Morgan fingerprint density at radius 2 is 1.94 bits per heavy atom. The van der Waals surface area contributed by atoms with Crippen molar-refractivity contribution in [2.24, 2.45) is 0 Å². The van der Waals surface area contributed by atoms with Gasteiger partial charge in [-0.05, 0) is 30.3 Å². The number of benzene rings is 1. The van der Waals surface area contributed by atoms with Crippen molar-refractivity contribution in [2.45, 2.75) is 63.5 Å². The molecule has 34 heavy (non-hydrogen) atoms. The topological polar surface area (TPSA) is 111 Å². The largest absolute Gasteiger partial charge is 0.414 e. The molecule has 9 nitrogen and oxygen atoms in total. The van der Waals surface area contributed by atoms with E-state index in [4.69, 9.17) is 9.16 Å². The first-order valence-corrected chi connectivity index (χ1v) is 14.1. The van der Waals surface area contributed by atoms with Gasteiger partial charge in [-0.1, -0.05) is 39.0 Å². The minimum Gasteiger partial charge on any atom is -0.414 e. The summed E-state index contributed by atoms with van der Waals surface area (Å²) in [5.41, 5.74) is 1.08. The van der Waals surface area contributed by atoms with E-state index in [0.29, 0.717) is 16.7 Å². The molecule has 3 heterocycles. The summed E-state index contributed by atoms with van der Waals surface area (Å²) in [6.07, 6.45) is -2.36. The molecule has 0 unspecified atom stereocenters. The number of amides is 1. The fourth-order valence-corrected chi connectivity index (χ4v) is 4.49. The number of aliphatic hydroxyl groups is 1. The van der Waals surface area contributed by atoms with E-state index in [9.17, 15) is 14.3 Å².